The van der Waals surface area contributed by atoms with Crippen LogP contribution >= 0.6 is 0 Å². The van der Waals surface area contributed by atoms with Gasteiger partial charge in [0.2, 0.25) is 0 Å². The number of piperazine rings is 1. The Hall–Kier alpha value is -1.59. The Morgan fingerprint density at radius 3 is 2.86 bits per heavy atom. The number of benzene rings is 1. The highest BCUT2D eigenvalue weighted by molar-refractivity contribution is 5.95. The highest BCUT2D eigenvalue weighted by Gasteiger charge is 2.28. The molecule has 5 nitrogen and oxygen atoms in total. The molecule has 22 heavy (non-hydrogen) atoms. The summed E-state index contributed by atoms with van der Waals surface area (Å²) in [6.45, 7) is 9.08. The number of carbonyl (C=O) groups excluding carboxylic acids is 1. The maximum absolute atomic E-state index is 12.6. The normalized spacial score (nSPS) is 19.4. The monoisotopic (exact) mass is 305 g/mol. The molecule has 1 heterocycles. The van der Waals surface area contributed by atoms with Crippen molar-refractivity contribution in [2.45, 2.75) is 26.3 Å². The van der Waals surface area contributed by atoms with E-state index in [2.05, 4.69) is 11.8 Å². The number of ether oxygens (including phenoxy) is 1. The summed E-state index contributed by atoms with van der Waals surface area (Å²) in [7, 11) is 0. The van der Waals surface area contributed by atoms with E-state index >= 15 is 0 Å². The van der Waals surface area contributed by atoms with Crippen molar-refractivity contribution in [1.29, 1.82) is 0 Å². The van der Waals surface area contributed by atoms with Gasteiger partial charge in [0.1, 0.15) is 0 Å². The van der Waals surface area contributed by atoms with Gasteiger partial charge in [-0.2, -0.15) is 0 Å². The molecule has 1 aromatic rings. The molecule has 0 radical (unpaired) electrons. The average Bonchev–Trinajstić information content (AvgIpc) is 2.54. The third-order valence-corrected chi connectivity index (χ3v) is 4.22. The van der Waals surface area contributed by atoms with Crippen LogP contribution in [0, 0.1) is 0 Å². The molecule has 0 aromatic heterocycles. The van der Waals surface area contributed by atoms with Gasteiger partial charge in [-0.05, 0) is 31.5 Å². The summed E-state index contributed by atoms with van der Waals surface area (Å²) in [6, 6.07) is 7.63. The molecular formula is C17H27N3O2. The number of nitrogens with two attached hydrogens (primary N) is 1. The molecule has 0 saturated carbocycles. The summed E-state index contributed by atoms with van der Waals surface area (Å²) in [5, 5.41) is 0. The number of amides is 1. The molecule has 1 aromatic carbocycles. The second-order valence-electron chi connectivity index (χ2n) is 5.67. The zero-order chi connectivity index (χ0) is 15.9. The second-order valence-corrected chi connectivity index (χ2v) is 5.67. The van der Waals surface area contributed by atoms with Crippen LogP contribution in [0.15, 0.2) is 24.3 Å². The fourth-order valence-corrected chi connectivity index (χ4v) is 2.94. The number of hydrogen-bond acceptors (Lipinski definition) is 4. The number of rotatable bonds is 6. The number of nitrogen functional groups attached to an aromatic ring is 1. The Labute approximate surface area is 133 Å². The van der Waals surface area contributed by atoms with E-state index in [1.165, 1.54) is 0 Å². The molecular weight excluding hydrogens is 278 g/mol. The zero-order valence-electron chi connectivity index (χ0n) is 13.6. The highest BCUT2D eigenvalue weighted by Crippen LogP contribution is 2.16. The number of hydrogen-bond donors (Lipinski definition) is 1. The Kier molecular flexibility index (Phi) is 6.21. The molecule has 0 aliphatic carbocycles. The van der Waals surface area contributed by atoms with E-state index in [0.717, 1.165) is 45.8 Å². The van der Waals surface area contributed by atoms with Crippen molar-refractivity contribution < 1.29 is 9.53 Å². The minimum absolute atomic E-state index is 0.0789. The number of nitrogens with zero attached hydrogens (tertiary/aromatic N) is 2. The molecule has 1 aliphatic rings. The zero-order valence-corrected chi connectivity index (χ0v) is 13.6. The quantitative estimate of drug-likeness (QED) is 0.643. The molecule has 5 heteroatoms. The third kappa shape index (κ3) is 4.21. The average molecular weight is 305 g/mol. The molecule has 0 bridgehead atoms. The summed E-state index contributed by atoms with van der Waals surface area (Å²) < 4.78 is 5.45. The van der Waals surface area contributed by atoms with Crippen LogP contribution in [0.4, 0.5) is 5.69 Å². The molecule has 1 amide bonds. The van der Waals surface area contributed by atoms with Gasteiger partial charge in [-0.25, -0.2) is 0 Å². The topological polar surface area (TPSA) is 58.8 Å². The Balaban J connectivity index is 1.96. The van der Waals surface area contributed by atoms with Crippen LogP contribution in [0.1, 0.15) is 30.6 Å². The van der Waals surface area contributed by atoms with Crippen molar-refractivity contribution in [2.75, 3.05) is 45.1 Å². The third-order valence-electron chi connectivity index (χ3n) is 4.22. The first-order valence-electron chi connectivity index (χ1n) is 8.12. The summed E-state index contributed by atoms with van der Waals surface area (Å²) in [5.41, 5.74) is 7.09. The van der Waals surface area contributed by atoms with Crippen LogP contribution in [-0.4, -0.2) is 61.1 Å². The van der Waals surface area contributed by atoms with Gasteiger partial charge in [-0.3, -0.25) is 9.69 Å². The van der Waals surface area contributed by atoms with Crippen LogP contribution in [0.3, 0.4) is 0 Å². The van der Waals surface area contributed by atoms with E-state index in [-0.39, 0.29) is 5.91 Å². The molecule has 122 valence electrons. The molecule has 2 N–H and O–H groups in total. The van der Waals surface area contributed by atoms with Crippen molar-refractivity contribution >= 4 is 11.6 Å². The van der Waals surface area contributed by atoms with E-state index < -0.39 is 0 Å². The number of carbonyl (C=O) groups is 1. The molecule has 1 atom stereocenters. The predicted molar refractivity (Wildman–Crippen MR) is 88.9 cm³/mol. The SMILES string of the molecule is CCOCCN1CCN(C(=O)c2cccc(N)c2)CC1CC. The molecule has 0 spiro atoms. The summed E-state index contributed by atoms with van der Waals surface area (Å²) in [5.74, 6) is 0.0789. The second kappa shape index (κ2) is 8.15. The number of anilines is 1. The Morgan fingerprint density at radius 2 is 2.18 bits per heavy atom. The first-order valence-corrected chi connectivity index (χ1v) is 8.12. The summed E-state index contributed by atoms with van der Waals surface area (Å²) in [6.07, 6.45) is 1.03. The van der Waals surface area contributed by atoms with Crippen molar-refractivity contribution in [1.82, 2.24) is 9.80 Å². The van der Waals surface area contributed by atoms with Crippen molar-refractivity contribution in [3.63, 3.8) is 0 Å². The van der Waals surface area contributed by atoms with Gasteiger partial charge in [0, 0.05) is 50.1 Å². The summed E-state index contributed by atoms with van der Waals surface area (Å²) >= 11 is 0. The van der Waals surface area contributed by atoms with Gasteiger partial charge >= 0.3 is 0 Å². The predicted octanol–water partition coefficient (Wildman–Crippen LogP) is 1.84. The highest BCUT2D eigenvalue weighted by atomic mass is 16.5. The van der Waals surface area contributed by atoms with Crippen molar-refractivity contribution in [3.8, 4) is 0 Å². The first kappa shape index (κ1) is 16.8. The lowest BCUT2D eigenvalue weighted by Crippen LogP contribution is -2.55. The minimum atomic E-state index is 0.0789. The lowest BCUT2D eigenvalue weighted by Gasteiger charge is -2.41. The standard InChI is InChI=1S/C17H27N3O2/c1-3-16-13-20(9-8-19(16)10-11-22-4-2)17(21)14-6-5-7-15(18)12-14/h5-7,12,16H,3-4,8-11,13,18H2,1-2H3. The molecule has 1 fully saturated rings. The van der Waals surface area contributed by atoms with E-state index in [1.54, 1.807) is 12.1 Å². The van der Waals surface area contributed by atoms with Gasteiger partial charge in [0.15, 0.2) is 0 Å². The largest absolute Gasteiger partial charge is 0.399 e. The van der Waals surface area contributed by atoms with Gasteiger partial charge in [-0.15, -0.1) is 0 Å². The van der Waals surface area contributed by atoms with Crippen LogP contribution < -0.4 is 5.73 Å². The Morgan fingerprint density at radius 1 is 1.36 bits per heavy atom. The first-order chi connectivity index (χ1) is 10.7. The van der Waals surface area contributed by atoms with Crippen LogP contribution in [-0.2, 0) is 4.74 Å². The van der Waals surface area contributed by atoms with Gasteiger partial charge < -0.3 is 15.4 Å². The lowest BCUT2D eigenvalue weighted by atomic mass is 10.1. The van der Waals surface area contributed by atoms with E-state index in [9.17, 15) is 4.79 Å². The molecule has 1 saturated heterocycles. The van der Waals surface area contributed by atoms with Gasteiger partial charge in [0.05, 0.1) is 6.61 Å². The maximum atomic E-state index is 12.6. The van der Waals surface area contributed by atoms with Gasteiger partial charge in [-0.1, -0.05) is 13.0 Å². The lowest BCUT2D eigenvalue weighted by molar-refractivity contribution is 0.0341. The van der Waals surface area contributed by atoms with Crippen molar-refractivity contribution in [2.24, 2.45) is 0 Å². The summed E-state index contributed by atoms with van der Waals surface area (Å²) in [4.78, 5) is 17.0. The van der Waals surface area contributed by atoms with Crippen LogP contribution in [0.5, 0.6) is 0 Å². The molecule has 1 unspecified atom stereocenters. The minimum Gasteiger partial charge on any atom is -0.399 e. The van der Waals surface area contributed by atoms with E-state index in [4.69, 9.17) is 10.5 Å². The van der Waals surface area contributed by atoms with Crippen molar-refractivity contribution in [3.05, 3.63) is 29.8 Å². The van der Waals surface area contributed by atoms with Crippen LogP contribution in [0.25, 0.3) is 0 Å². The fourth-order valence-electron chi connectivity index (χ4n) is 2.94. The maximum Gasteiger partial charge on any atom is 0.254 e. The van der Waals surface area contributed by atoms with E-state index in [0.29, 0.717) is 17.3 Å². The van der Waals surface area contributed by atoms with E-state index in [1.807, 2.05) is 24.0 Å². The molecule has 2 rings (SSSR count). The fraction of sp³-hybridized carbons (Fsp3) is 0.588. The van der Waals surface area contributed by atoms with Crippen LogP contribution in [0.2, 0.25) is 0 Å². The smallest absolute Gasteiger partial charge is 0.254 e. The Bertz CT molecular complexity index is 493. The molecule has 1 aliphatic heterocycles. The van der Waals surface area contributed by atoms with Gasteiger partial charge in [0.25, 0.3) is 5.91 Å².